The molecule has 1 unspecified atom stereocenters. The maximum Gasteiger partial charge on any atom is 0.330 e. The van der Waals surface area contributed by atoms with E-state index in [1.807, 2.05) is 17.4 Å². The van der Waals surface area contributed by atoms with Crippen LogP contribution in [0, 0.1) is 5.41 Å². The predicted molar refractivity (Wildman–Crippen MR) is 145 cm³/mol. The van der Waals surface area contributed by atoms with Crippen LogP contribution >= 0.6 is 11.3 Å². The molecule has 34 heavy (non-hydrogen) atoms. The molecule has 0 radical (unpaired) electrons. The van der Waals surface area contributed by atoms with Gasteiger partial charge < -0.3 is 9.47 Å². The highest BCUT2D eigenvalue weighted by Crippen LogP contribution is 2.38. The molecule has 3 nitrogen and oxygen atoms in total. The van der Waals surface area contributed by atoms with Gasteiger partial charge in [0.25, 0.3) is 0 Å². The summed E-state index contributed by atoms with van der Waals surface area (Å²) in [4.78, 5) is 12.8. The maximum absolute atomic E-state index is 11.5. The van der Waals surface area contributed by atoms with E-state index in [2.05, 4.69) is 70.7 Å². The second-order valence-electron chi connectivity index (χ2n) is 9.38. The van der Waals surface area contributed by atoms with Crippen molar-refractivity contribution < 1.29 is 14.3 Å². The molecule has 1 aromatic heterocycles. The van der Waals surface area contributed by atoms with Gasteiger partial charge in [-0.2, -0.15) is 0 Å². The fourth-order valence-electron chi connectivity index (χ4n) is 3.96. The van der Waals surface area contributed by atoms with E-state index < -0.39 is 5.97 Å². The van der Waals surface area contributed by atoms with E-state index in [1.54, 1.807) is 0 Å². The highest BCUT2D eigenvalue weighted by atomic mass is 32.1. The van der Waals surface area contributed by atoms with Crippen LogP contribution in [-0.4, -0.2) is 19.2 Å². The molecular weight excluding hydrogens is 440 g/mol. The molecule has 1 atom stereocenters. The van der Waals surface area contributed by atoms with E-state index in [-0.39, 0.29) is 5.41 Å². The standard InChI is InChI=1S/C30H38O3S/c1-6-10-11-12-22-13-16-26(23(7-2)17-22)28-18-24-14-15-25(19-27(24)34-28)32-20-30(5,9-4)21-33-29(31)8-3/h8,13-19H,3,6-7,9-12,20-21H2,1-2,4-5H3. The molecule has 0 N–H and O–H groups in total. The van der Waals surface area contributed by atoms with E-state index in [4.69, 9.17) is 9.47 Å². The van der Waals surface area contributed by atoms with Gasteiger partial charge in [-0.3, -0.25) is 0 Å². The maximum atomic E-state index is 11.5. The van der Waals surface area contributed by atoms with Crippen LogP contribution in [0.4, 0.5) is 0 Å². The minimum atomic E-state index is -0.396. The monoisotopic (exact) mass is 478 g/mol. The number of benzene rings is 2. The Hall–Kier alpha value is -2.59. The van der Waals surface area contributed by atoms with Gasteiger partial charge in [-0.25, -0.2) is 4.79 Å². The average Bonchev–Trinajstić information content (AvgIpc) is 3.29. The molecule has 0 saturated carbocycles. The second-order valence-corrected chi connectivity index (χ2v) is 10.5. The van der Waals surface area contributed by atoms with Crippen molar-refractivity contribution in [2.24, 2.45) is 5.41 Å². The molecule has 3 rings (SSSR count). The predicted octanol–water partition coefficient (Wildman–Crippen LogP) is 8.39. The third-order valence-electron chi connectivity index (χ3n) is 6.55. The van der Waals surface area contributed by atoms with Crippen molar-refractivity contribution in [2.75, 3.05) is 13.2 Å². The summed E-state index contributed by atoms with van der Waals surface area (Å²) >= 11 is 1.82. The minimum Gasteiger partial charge on any atom is -0.493 e. The van der Waals surface area contributed by atoms with E-state index >= 15 is 0 Å². The lowest BCUT2D eigenvalue weighted by atomic mass is 9.90. The lowest BCUT2D eigenvalue weighted by Gasteiger charge is -2.27. The Kier molecular flexibility index (Phi) is 9.35. The zero-order chi connectivity index (χ0) is 24.6. The zero-order valence-corrected chi connectivity index (χ0v) is 21.9. The first kappa shape index (κ1) is 26.0. The third-order valence-corrected chi connectivity index (χ3v) is 7.68. The van der Waals surface area contributed by atoms with Gasteiger partial charge in [-0.05, 0) is 72.0 Å². The summed E-state index contributed by atoms with van der Waals surface area (Å²) in [5.74, 6) is 0.449. The Morgan fingerprint density at radius 1 is 1.06 bits per heavy atom. The molecule has 1 heterocycles. The number of thiophene rings is 1. The molecule has 0 aliphatic heterocycles. The molecule has 0 aliphatic rings. The van der Waals surface area contributed by atoms with Crippen LogP contribution in [0.1, 0.15) is 64.5 Å². The van der Waals surface area contributed by atoms with Crippen LogP contribution < -0.4 is 4.74 Å². The van der Waals surface area contributed by atoms with E-state index in [0.29, 0.717) is 13.2 Å². The molecule has 182 valence electrons. The van der Waals surface area contributed by atoms with Crippen molar-refractivity contribution in [3.05, 3.63) is 66.2 Å². The highest BCUT2D eigenvalue weighted by Gasteiger charge is 2.25. The van der Waals surface area contributed by atoms with Gasteiger partial charge >= 0.3 is 5.97 Å². The first-order valence-corrected chi connectivity index (χ1v) is 13.3. The Morgan fingerprint density at radius 2 is 1.88 bits per heavy atom. The van der Waals surface area contributed by atoms with Crippen molar-refractivity contribution in [2.45, 2.75) is 66.2 Å². The third kappa shape index (κ3) is 6.73. The second kappa shape index (κ2) is 12.2. The summed E-state index contributed by atoms with van der Waals surface area (Å²) in [6.07, 6.45) is 8.05. The van der Waals surface area contributed by atoms with E-state index in [9.17, 15) is 4.79 Å². The Labute approximate surface area is 208 Å². The van der Waals surface area contributed by atoms with Crippen LogP contribution in [0.25, 0.3) is 20.5 Å². The molecule has 0 amide bonds. The molecule has 0 saturated heterocycles. The Morgan fingerprint density at radius 3 is 2.59 bits per heavy atom. The lowest BCUT2D eigenvalue weighted by Crippen LogP contribution is -2.30. The van der Waals surface area contributed by atoms with Crippen molar-refractivity contribution in [1.82, 2.24) is 0 Å². The van der Waals surface area contributed by atoms with Crippen LogP contribution in [-0.2, 0) is 22.4 Å². The van der Waals surface area contributed by atoms with Gasteiger partial charge in [-0.15, -0.1) is 11.3 Å². The molecule has 2 aromatic carbocycles. The van der Waals surface area contributed by atoms with Crippen molar-refractivity contribution in [1.29, 1.82) is 0 Å². The molecular formula is C30H38O3S. The van der Waals surface area contributed by atoms with Crippen molar-refractivity contribution >= 4 is 27.4 Å². The quantitative estimate of drug-likeness (QED) is 0.141. The summed E-state index contributed by atoms with van der Waals surface area (Å²) in [7, 11) is 0. The van der Waals surface area contributed by atoms with Crippen LogP contribution in [0.3, 0.4) is 0 Å². The fraction of sp³-hybridized carbons (Fsp3) is 0.433. The number of rotatable bonds is 13. The number of carbonyl (C=O) groups is 1. The summed E-state index contributed by atoms with van der Waals surface area (Å²) in [5, 5.41) is 1.24. The van der Waals surface area contributed by atoms with E-state index in [1.165, 1.54) is 57.0 Å². The number of esters is 1. The van der Waals surface area contributed by atoms with Crippen molar-refractivity contribution in [3.8, 4) is 16.2 Å². The number of aryl methyl sites for hydroxylation is 2. The molecule has 0 aliphatic carbocycles. The minimum absolute atomic E-state index is 0.247. The Bertz CT molecular complexity index is 1110. The molecule has 4 heteroatoms. The Balaban J connectivity index is 1.75. The average molecular weight is 479 g/mol. The largest absolute Gasteiger partial charge is 0.493 e. The molecule has 0 bridgehead atoms. The lowest BCUT2D eigenvalue weighted by molar-refractivity contribution is -0.141. The van der Waals surface area contributed by atoms with Gasteiger partial charge in [0.1, 0.15) is 12.4 Å². The van der Waals surface area contributed by atoms with Crippen LogP contribution in [0.15, 0.2) is 55.1 Å². The van der Waals surface area contributed by atoms with Crippen LogP contribution in [0.5, 0.6) is 5.75 Å². The molecule has 3 aromatic rings. The number of hydrogen-bond acceptors (Lipinski definition) is 4. The highest BCUT2D eigenvalue weighted by molar-refractivity contribution is 7.22. The van der Waals surface area contributed by atoms with E-state index in [0.717, 1.165) is 25.0 Å². The van der Waals surface area contributed by atoms with Gasteiger partial charge in [0, 0.05) is 21.1 Å². The summed E-state index contributed by atoms with van der Waals surface area (Å²) in [6.45, 7) is 12.9. The van der Waals surface area contributed by atoms with Crippen LogP contribution in [0.2, 0.25) is 0 Å². The first-order valence-electron chi connectivity index (χ1n) is 12.5. The topological polar surface area (TPSA) is 35.5 Å². The summed E-state index contributed by atoms with van der Waals surface area (Å²) in [6, 6.07) is 15.6. The first-order chi connectivity index (χ1) is 16.4. The molecule has 0 fully saturated rings. The number of carbonyl (C=O) groups excluding carboxylic acids is 1. The number of fused-ring (bicyclic) bond motifs is 1. The van der Waals surface area contributed by atoms with Gasteiger partial charge in [0.2, 0.25) is 0 Å². The van der Waals surface area contributed by atoms with Gasteiger partial charge in [0.05, 0.1) is 6.61 Å². The molecule has 0 spiro atoms. The zero-order valence-electron chi connectivity index (χ0n) is 21.1. The summed E-state index contributed by atoms with van der Waals surface area (Å²) < 4.78 is 12.6. The number of hydrogen-bond donors (Lipinski definition) is 0. The SMILES string of the molecule is C=CC(=O)OCC(C)(CC)COc1ccc2cc(-c3ccc(CCCCC)cc3CC)sc2c1. The summed E-state index contributed by atoms with van der Waals surface area (Å²) in [5.41, 5.74) is 3.96. The number of unbranched alkanes of at least 4 members (excludes halogenated alkanes) is 2. The van der Waals surface area contributed by atoms with Gasteiger partial charge in [-0.1, -0.05) is 65.3 Å². The normalized spacial score (nSPS) is 12.9. The fourth-order valence-corrected chi connectivity index (χ4v) is 5.11. The van der Waals surface area contributed by atoms with Gasteiger partial charge in [0.15, 0.2) is 0 Å². The van der Waals surface area contributed by atoms with Crippen molar-refractivity contribution in [3.63, 3.8) is 0 Å². The number of ether oxygens (including phenoxy) is 2. The smallest absolute Gasteiger partial charge is 0.330 e.